The topological polar surface area (TPSA) is 73.7 Å². The van der Waals surface area contributed by atoms with Gasteiger partial charge in [-0.25, -0.2) is 4.98 Å². The molecule has 1 fully saturated rings. The summed E-state index contributed by atoms with van der Waals surface area (Å²) in [6.45, 7) is 3.73. The second-order valence-electron chi connectivity index (χ2n) is 9.02. The fourth-order valence-corrected chi connectivity index (χ4v) is 5.85. The van der Waals surface area contributed by atoms with Crippen molar-refractivity contribution in [3.63, 3.8) is 0 Å². The molecule has 6 rings (SSSR count). The molecule has 2 aliphatic rings. The van der Waals surface area contributed by atoms with E-state index in [0.717, 1.165) is 46.6 Å². The summed E-state index contributed by atoms with van der Waals surface area (Å²) in [6.07, 6.45) is 3.28. The number of hydrogen-bond acceptors (Lipinski definition) is 6. The Morgan fingerprint density at radius 1 is 1.11 bits per heavy atom. The van der Waals surface area contributed by atoms with Crippen molar-refractivity contribution in [1.29, 1.82) is 0 Å². The van der Waals surface area contributed by atoms with Gasteiger partial charge in [0, 0.05) is 17.5 Å². The highest BCUT2D eigenvalue weighted by molar-refractivity contribution is 7.17. The zero-order chi connectivity index (χ0) is 23.9. The molecule has 2 aromatic heterocycles. The van der Waals surface area contributed by atoms with E-state index in [1.165, 1.54) is 22.2 Å². The standard InChI is InChI=1S/C27H25N3O4S/c1-17-4-6-18(7-5-17)20-15-35-26-25(20)27(32)29(16-28-26)14-24(31)30-10-2-3-21(30)19-8-9-22-23(13-19)34-12-11-33-22/h4-9,13,15-16,21H,2-3,10-12,14H2,1H3. The van der Waals surface area contributed by atoms with E-state index in [-0.39, 0.29) is 24.1 Å². The number of thiophene rings is 1. The Hall–Kier alpha value is -3.65. The molecule has 0 aliphatic carbocycles. The maximum Gasteiger partial charge on any atom is 0.263 e. The van der Waals surface area contributed by atoms with Crippen LogP contribution in [0.3, 0.4) is 0 Å². The molecule has 2 aromatic carbocycles. The highest BCUT2D eigenvalue weighted by Crippen LogP contribution is 2.38. The van der Waals surface area contributed by atoms with E-state index in [9.17, 15) is 9.59 Å². The molecule has 0 N–H and O–H groups in total. The van der Waals surface area contributed by atoms with Gasteiger partial charge >= 0.3 is 0 Å². The average molecular weight is 488 g/mol. The Morgan fingerprint density at radius 3 is 2.74 bits per heavy atom. The number of hydrogen-bond donors (Lipinski definition) is 0. The first-order valence-corrected chi connectivity index (χ1v) is 12.7. The van der Waals surface area contributed by atoms with E-state index in [1.54, 1.807) is 0 Å². The molecule has 0 radical (unpaired) electrons. The predicted molar refractivity (Wildman–Crippen MR) is 135 cm³/mol. The number of carbonyl (C=O) groups is 1. The van der Waals surface area contributed by atoms with Gasteiger partial charge < -0.3 is 14.4 Å². The van der Waals surface area contributed by atoms with Crippen LogP contribution in [0.15, 0.2) is 59.0 Å². The number of benzene rings is 2. The van der Waals surface area contributed by atoms with Crippen LogP contribution in [-0.4, -0.2) is 40.1 Å². The van der Waals surface area contributed by atoms with Crippen LogP contribution in [0.1, 0.15) is 30.0 Å². The van der Waals surface area contributed by atoms with Crippen molar-refractivity contribution in [2.75, 3.05) is 19.8 Å². The lowest BCUT2D eigenvalue weighted by Crippen LogP contribution is -2.36. The smallest absolute Gasteiger partial charge is 0.263 e. The van der Waals surface area contributed by atoms with Gasteiger partial charge in [0.1, 0.15) is 24.6 Å². The van der Waals surface area contributed by atoms with Crippen LogP contribution in [0, 0.1) is 6.92 Å². The van der Waals surface area contributed by atoms with Gasteiger partial charge in [0.05, 0.1) is 17.8 Å². The SMILES string of the molecule is Cc1ccc(-c2csc3ncn(CC(=O)N4CCCC4c4ccc5c(c4)OCCO5)c(=O)c23)cc1. The maximum atomic E-state index is 13.4. The van der Waals surface area contributed by atoms with E-state index in [1.807, 2.05) is 59.7 Å². The lowest BCUT2D eigenvalue weighted by Gasteiger charge is -2.27. The third kappa shape index (κ3) is 3.97. The molecule has 0 saturated carbocycles. The molecular formula is C27H25N3O4S. The van der Waals surface area contributed by atoms with Crippen molar-refractivity contribution in [3.8, 4) is 22.6 Å². The minimum Gasteiger partial charge on any atom is -0.486 e. The number of rotatable bonds is 4. The van der Waals surface area contributed by atoms with E-state index >= 15 is 0 Å². The lowest BCUT2D eigenvalue weighted by molar-refractivity contribution is -0.132. The van der Waals surface area contributed by atoms with Crippen LogP contribution >= 0.6 is 11.3 Å². The predicted octanol–water partition coefficient (Wildman–Crippen LogP) is 4.57. The second kappa shape index (κ2) is 8.85. The highest BCUT2D eigenvalue weighted by Gasteiger charge is 2.31. The Balaban J connectivity index is 1.28. The number of aromatic nitrogens is 2. The van der Waals surface area contributed by atoms with Crippen molar-refractivity contribution in [3.05, 3.63) is 75.7 Å². The molecule has 8 heteroatoms. The van der Waals surface area contributed by atoms with Gasteiger partial charge in [0.25, 0.3) is 5.56 Å². The first-order valence-electron chi connectivity index (χ1n) is 11.8. The molecule has 0 bridgehead atoms. The molecule has 1 unspecified atom stereocenters. The van der Waals surface area contributed by atoms with E-state index in [2.05, 4.69) is 4.98 Å². The molecule has 1 atom stereocenters. The summed E-state index contributed by atoms with van der Waals surface area (Å²) in [4.78, 5) is 33.9. The molecule has 35 heavy (non-hydrogen) atoms. The number of aryl methyl sites for hydroxylation is 1. The van der Waals surface area contributed by atoms with E-state index < -0.39 is 0 Å². The van der Waals surface area contributed by atoms with Crippen LogP contribution in [0.2, 0.25) is 0 Å². The largest absolute Gasteiger partial charge is 0.486 e. The Bertz CT molecular complexity index is 1470. The van der Waals surface area contributed by atoms with Crippen molar-refractivity contribution in [1.82, 2.24) is 14.5 Å². The van der Waals surface area contributed by atoms with Crippen molar-refractivity contribution in [2.45, 2.75) is 32.4 Å². The molecule has 2 aliphatic heterocycles. The Kier molecular flexibility index (Phi) is 5.53. The van der Waals surface area contributed by atoms with Gasteiger partial charge in [-0.15, -0.1) is 11.3 Å². The second-order valence-corrected chi connectivity index (χ2v) is 9.88. The molecule has 1 amide bonds. The lowest BCUT2D eigenvalue weighted by atomic mass is 10.0. The van der Waals surface area contributed by atoms with Crippen LogP contribution in [0.25, 0.3) is 21.3 Å². The molecule has 4 heterocycles. The Labute approximate surface area is 206 Å². The maximum absolute atomic E-state index is 13.4. The number of carbonyl (C=O) groups excluding carboxylic acids is 1. The Morgan fingerprint density at radius 2 is 1.91 bits per heavy atom. The fraction of sp³-hybridized carbons (Fsp3) is 0.296. The van der Waals surface area contributed by atoms with E-state index in [4.69, 9.17) is 9.47 Å². The van der Waals surface area contributed by atoms with Crippen LogP contribution in [0.4, 0.5) is 0 Å². The van der Waals surface area contributed by atoms with Crippen molar-refractivity contribution in [2.24, 2.45) is 0 Å². The number of ether oxygens (including phenoxy) is 2. The summed E-state index contributed by atoms with van der Waals surface area (Å²) in [7, 11) is 0. The molecule has 1 saturated heterocycles. The fourth-order valence-electron chi connectivity index (χ4n) is 4.94. The third-order valence-electron chi connectivity index (χ3n) is 6.75. The summed E-state index contributed by atoms with van der Waals surface area (Å²) < 4.78 is 12.8. The first-order chi connectivity index (χ1) is 17.1. The summed E-state index contributed by atoms with van der Waals surface area (Å²) in [5.74, 6) is 1.37. The summed E-state index contributed by atoms with van der Waals surface area (Å²) in [5.41, 5.74) is 3.84. The minimum absolute atomic E-state index is 0.0357. The van der Waals surface area contributed by atoms with Gasteiger partial charge in [0.15, 0.2) is 11.5 Å². The number of fused-ring (bicyclic) bond motifs is 2. The quantitative estimate of drug-likeness (QED) is 0.422. The zero-order valence-corrected chi connectivity index (χ0v) is 20.2. The molecule has 7 nitrogen and oxygen atoms in total. The number of nitrogens with zero attached hydrogens (tertiary/aromatic N) is 3. The first kappa shape index (κ1) is 21.9. The molecular weight excluding hydrogens is 462 g/mol. The van der Waals surface area contributed by atoms with Crippen LogP contribution in [0.5, 0.6) is 11.5 Å². The molecule has 0 spiro atoms. The van der Waals surface area contributed by atoms with Crippen molar-refractivity contribution >= 4 is 27.5 Å². The zero-order valence-electron chi connectivity index (χ0n) is 19.4. The molecule has 4 aromatic rings. The monoisotopic (exact) mass is 487 g/mol. The van der Waals surface area contributed by atoms with Gasteiger partial charge in [0.2, 0.25) is 5.91 Å². The normalized spacial score (nSPS) is 17.2. The molecule has 178 valence electrons. The van der Waals surface area contributed by atoms with Crippen molar-refractivity contribution < 1.29 is 14.3 Å². The van der Waals surface area contributed by atoms with Gasteiger partial charge in [-0.05, 0) is 43.0 Å². The summed E-state index contributed by atoms with van der Waals surface area (Å²) in [6, 6.07) is 13.9. The minimum atomic E-state index is -0.185. The summed E-state index contributed by atoms with van der Waals surface area (Å²) in [5, 5.41) is 2.54. The summed E-state index contributed by atoms with van der Waals surface area (Å²) >= 11 is 1.45. The van der Waals surface area contributed by atoms with Crippen LogP contribution < -0.4 is 15.0 Å². The third-order valence-corrected chi connectivity index (χ3v) is 7.64. The van der Waals surface area contributed by atoms with Gasteiger partial charge in [-0.1, -0.05) is 35.9 Å². The highest BCUT2D eigenvalue weighted by atomic mass is 32.1. The van der Waals surface area contributed by atoms with Gasteiger partial charge in [-0.2, -0.15) is 0 Å². The van der Waals surface area contributed by atoms with E-state index in [0.29, 0.717) is 30.0 Å². The van der Waals surface area contributed by atoms with Gasteiger partial charge in [-0.3, -0.25) is 14.2 Å². The number of likely N-dealkylation sites (tertiary alicyclic amines) is 1. The average Bonchev–Trinajstić information content (AvgIpc) is 3.54. The van der Waals surface area contributed by atoms with Crippen LogP contribution in [-0.2, 0) is 11.3 Å². The number of amides is 1.